The van der Waals surface area contributed by atoms with Crippen LogP contribution in [-0.2, 0) is 20.7 Å². The fraction of sp³-hybridized carbons (Fsp3) is 0.600. The van der Waals surface area contributed by atoms with Gasteiger partial charge in [-0.15, -0.1) is 0 Å². The lowest BCUT2D eigenvalue weighted by atomic mass is 10.2. The van der Waals surface area contributed by atoms with Gasteiger partial charge in [0.15, 0.2) is 0 Å². The first kappa shape index (κ1) is 10.2. The first-order valence-electron chi connectivity index (χ1n) is 2.75. The van der Waals surface area contributed by atoms with Crippen LogP contribution >= 0.6 is 0 Å². The number of Topliss-reactive ketones (excluding diaryl/α,β-unsaturated/α-hetero) is 1. The molecule has 0 spiro atoms. The number of carbonyl (C=O) groups is 2. The quantitative estimate of drug-likeness (QED) is 0.575. The Bertz CT molecular complexity index is 185. The lowest BCUT2D eigenvalue weighted by Gasteiger charge is -2.12. The molecule has 0 fully saturated rings. The predicted octanol–water partition coefficient (Wildman–Crippen LogP) is -0.702. The second-order valence-electron chi connectivity index (χ2n) is 1.99. The largest absolute Gasteiger partial charge is 0.772 e. The van der Waals surface area contributed by atoms with Crippen LogP contribution in [0.4, 0.5) is 0 Å². The smallest absolute Gasteiger partial charge is 0.318 e. The fourth-order valence-corrected chi connectivity index (χ4v) is 1.03. The predicted molar refractivity (Wildman–Crippen MR) is 35.6 cm³/mol. The van der Waals surface area contributed by atoms with Gasteiger partial charge in [-0.25, -0.2) is 0 Å². The topological polar surface area (TPSA) is 94.5 Å². The van der Waals surface area contributed by atoms with E-state index in [4.69, 9.17) is 5.11 Å². The number of aliphatic carboxylic acids is 1. The van der Waals surface area contributed by atoms with E-state index in [1.54, 1.807) is 0 Å². The van der Waals surface area contributed by atoms with Gasteiger partial charge in [-0.2, -0.15) is 0 Å². The Morgan fingerprint density at radius 1 is 1.64 bits per heavy atom. The third-order valence-electron chi connectivity index (χ3n) is 0.981. The summed E-state index contributed by atoms with van der Waals surface area (Å²) in [6, 6.07) is 0. The van der Waals surface area contributed by atoms with Crippen LogP contribution in [0.5, 0.6) is 0 Å². The number of ketones is 1. The second-order valence-corrected chi connectivity index (χ2v) is 3.08. The maximum atomic E-state index is 10.3. The average Bonchev–Trinajstić information content (AvgIpc) is 1.81. The zero-order valence-electron chi connectivity index (χ0n) is 5.77. The van der Waals surface area contributed by atoms with E-state index in [0.29, 0.717) is 0 Å². The van der Waals surface area contributed by atoms with Gasteiger partial charge in [-0.1, -0.05) is 0 Å². The molecule has 1 N–H and O–H groups in total. The van der Waals surface area contributed by atoms with Crippen LogP contribution in [0.3, 0.4) is 0 Å². The van der Waals surface area contributed by atoms with Crippen molar-refractivity contribution in [2.45, 2.75) is 18.6 Å². The van der Waals surface area contributed by atoms with Crippen LogP contribution in [0.1, 0.15) is 13.3 Å². The summed E-state index contributed by atoms with van der Waals surface area (Å²) in [5.41, 5.74) is 0. The number of hydrogen-bond donors (Lipinski definition) is 1. The minimum atomic E-state index is -2.72. The standard InChI is InChI=1S/C5H8O5S/c1-3(6)2-4(5(7)8)11(9)10/h4H,2H2,1H3,(H,7,8)(H,9,10)/p-1. The molecule has 0 saturated heterocycles. The Labute approximate surface area is 65.7 Å². The molecule has 0 rings (SSSR count). The molecule has 6 heteroatoms. The van der Waals surface area contributed by atoms with Crippen LogP contribution in [0.25, 0.3) is 0 Å². The van der Waals surface area contributed by atoms with Crippen molar-refractivity contribution in [3.05, 3.63) is 0 Å². The Morgan fingerprint density at radius 2 is 2.09 bits per heavy atom. The molecule has 5 nitrogen and oxygen atoms in total. The molecule has 0 aromatic rings. The average molecular weight is 179 g/mol. The van der Waals surface area contributed by atoms with Gasteiger partial charge in [-0.05, 0) is 18.0 Å². The summed E-state index contributed by atoms with van der Waals surface area (Å²) >= 11 is -2.72. The third-order valence-corrected chi connectivity index (χ3v) is 1.81. The van der Waals surface area contributed by atoms with Crippen molar-refractivity contribution in [1.29, 1.82) is 0 Å². The number of carboxylic acids is 1. The van der Waals surface area contributed by atoms with Crippen molar-refractivity contribution >= 4 is 22.8 Å². The van der Waals surface area contributed by atoms with E-state index < -0.39 is 34.5 Å². The number of hydrogen-bond acceptors (Lipinski definition) is 4. The molecule has 0 aliphatic rings. The van der Waals surface area contributed by atoms with Gasteiger partial charge in [-0.3, -0.25) is 13.8 Å². The maximum absolute atomic E-state index is 10.3. The molecule has 0 amide bonds. The van der Waals surface area contributed by atoms with E-state index in [1.165, 1.54) is 0 Å². The Morgan fingerprint density at radius 3 is 2.18 bits per heavy atom. The molecule has 11 heavy (non-hydrogen) atoms. The van der Waals surface area contributed by atoms with Gasteiger partial charge in [0.1, 0.15) is 11.0 Å². The zero-order chi connectivity index (χ0) is 9.02. The number of rotatable bonds is 4. The summed E-state index contributed by atoms with van der Waals surface area (Å²) in [4.78, 5) is 20.5. The molecule has 0 bridgehead atoms. The van der Waals surface area contributed by atoms with Crippen molar-refractivity contribution in [3.63, 3.8) is 0 Å². The highest BCUT2D eigenvalue weighted by molar-refractivity contribution is 7.80. The van der Waals surface area contributed by atoms with Gasteiger partial charge in [0.05, 0.1) is 0 Å². The van der Waals surface area contributed by atoms with Gasteiger partial charge < -0.3 is 9.66 Å². The van der Waals surface area contributed by atoms with Crippen LogP contribution in [0.2, 0.25) is 0 Å². The van der Waals surface area contributed by atoms with E-state index in [1.807, 2.05) is 0 Å². The summed E-state index contributed by atoms with van der Waals surface area (Å²) in [6.07, 6.45) is -0.467. The van der Waals surface area contributed by atoms with E-state index >= 15 is 0 Å². The SMILES string of the molecule is CC(=O)CC(C(=O)O)S(=O)[O-]. The Hall–Kier alpha value is -0.750. The van der Waals surface area contributed by atoms with Crippen molar-refractivity contribution in [2.24, 2.45) is 0 Å². The van der Waals surface area contributed by atoms with Crippen molar-refractivity contribution in [3.8, 4) is 0 Å². The zero-order valence-corrected chi connectivity index (χ0v) is 6.59. The Balaban J connectivity index is 4.23. The molecular formula is C5H7O5S-. The molecule has 0 aliphatic heterocycles. The van der Waals surface area contributed by atoms with Gasteiger partial charge in [0.25, 0.3) is 0 Å². The van der Waals surface area contributed by atoms with E-state index in [2.05, 4.69) is 0 Å². The summed E-state index contributed by atoms with van der Waals surface area (Å²) in [5.74, 6) is -1.95. The van der Waals surface area contributed by atoms with Crippen LogP contribution in [0, 0.1) is 0 Å². The Kier molecular flexibility index (Phi) is 3.91. The van der Waals surface area contributed by atoms with Crippen molar-refractivity contribution in [2.75, 3.05) is 0 Å². The van der Waals surface area contributed by atoms with Gasteiger partial charge >= 0.3 is 5.97 Å². The molecule has 64 valence electrons. The van der Waals surface area contributed by atoms with Crippen LogP contribution in [0.15, 0.2) is 0 Å². The second kappa shape index (κ2) is 4.20. The van der Waals surface area contributed by atoms with Crippen LogP contribution < -0.4 is 0 Å². The molecule has 0 aliphatic carbocycles. The molecule has 0 aromatic heterocycles. The minimum Gasteiger partial charge on any atom is -0.772 e. The van der Waals surface area contributed by atoms with Gasteiger partial charge in [0.2, 0.25) is 0 Å². The first-order chi connectivity index (χ1) is 4.95. The molecule has 0 radical (unpaired) electrons. The van der Waals surface area contributed by atoms with Crippen molar-refractivity contribution < 1.29 is 23.5 Å². The van der Waals surface area contributed by atoms with Gasteiger partial charge in [0, 0.05) is 6.42 Å². The molecule has 2 atom stereocenters. The fourth-order valence-electron chi connectivity index (χ4n) is 0.499. The lowest BCUT2D eigenvalue weighted by Crippen LogP contribution is -2.27. The highest BCUT2D eigenvalue weighted by Crippen LogP contribution is 2.00. The summed E-state index contributed by atoms with van der Waals surface area (Å²) in [6.45, 7) is 1.14. The van der Waals surface area contributed by atoms with E-state index in [9.17, 15) is 18.4 Å². The summed E-state index contributed by atoms with van der Waals surface area (Å²) in [5, 5.41) is 6.64. The highest BCUT2D eigenvalue weighted by Gasteiger charge is 2.19. The highest BCUT2D eigenvalue weighted by atomic mass is 32.2. The maximum Gasteiger partial charge on any atom is 0.318 e. The molecule has 2 unspecified atom stereocenters. The molecule has 0 saturated carbocycles. The minimum absolute atomic E-state index is 0.457. The molecule has 0 heterocycles. The molecular weight excluding hydrogens is 172 g/mol. The summed E-state index contributed by atoms with van der Waals surface area (Å²) < 4.78 is 20.3. The molecule has 0 aromatic carbocycles. The third kappa shape index (κ3) is 3.84. The monoisotopic (exact) mass is 179 g/mol. The number of carbonyl (C=O) groups excluding carboxylic acids is 1. The van der Waals surface area contributed by atoms with E-state index in [-0.39, 0.29) is 0 Å². The van der Waals surface area contributed by atoms with Crippen molar-refractivity contribution in [1.82, 2.24) is 0 Å². The normalized spacial score (nSPS) is 15.5. The summed E-state index contributed by atoms with van der Waals surface area (Å²) in [7, 11) is 0. The van der Waals surface area contributed by atoms with Crippen LogP contribution in [-0.4, -0.2) is 30.9 Å². The first-order valence-corrected chi connectivity index (χ1v) is 3.89. The lowest BCUT2D eigenvalue weighted by molar-refractivity contribution is -0.137. The number of carboxylic acid groups (broad SMARTS) is 1. The van der Waals surface area contributed by atoms with E-state index in [0.717, 1.165) is 6.92 Å².